The molecule has 1 aliphatic carbocycles. The lowest BCUT2D eigenvalue weighted by Gasteiger charge is -2.27. The van der Waals surface area contributed by atoms with Crippen LogP contribution in [-0.2, 0) is 14.3 Å². The van der Waals surface area contributed by atoms with Gasteiger partial charge in [-0.3, -0.25) is 19.2 Å². The summed E-state index contributed by atoms with van der Waals surface area (Å²) in [5, 5.41) is 0. The Labute approximate surface area is 203 Å². The summed E-state index contributed by atoms with van der Waals surface area (Å²) in [6.45, 7) is 1.87. The summed E-state index contributed by atoms with van der Waals surface area (Å²) in [5.41, 5.74) is 0.309. The van der Waals surface area contributed by atoms with Gasteiger partial charge in [0.1, 0.15) is 0 Å². The number of fused-ring (bicyclic) bond motifs is 3. The number of hydrogen-bond donors (Lipinski definition) is 0. The lowest BCUT2D eigenvalue weighted by Crippen LogP contribution is -2.51. The van der Waals surface area contributed by atoms with Crippen molar-refractivity contribution in [1.82, 2.24) is 0 Å². The average molecular weight is 516 g/mol. The number of carbonyl (C=O) groups is 4. The predicted molar refractivity (Wildman–Crippen MR) is 126 cm³/mol. The van der Waals surface area contributed by atoms with Crippen LogP contribution in [0, 0.1) is 18.8 Å². The van der Waals surface area contributed by atoms with Gasteiger partial charge in [0.15, 0.2) is 0 Å². The first-order chi connectivity index (χ1) is 16.4. The number of benzene rings is 3. The molecule has 1 spiro atoms. The van der Waals surface area contributed by atoms with Crippen molar-refractivity contribution in [2.24, 2.45) is 11.8 Å². The van der Waals surface area contributed by atoms with Crippen molar-refractivity contribution in [2.45, 2.75) is 18.6 Å². The van der Waals surface area contributed by atoms with Gasteiger partial charge in [0.25, 0.3) is 0 Å². The maximum Gasteiger partial charge on any atom is 0.241 e. The van der Waals surface area contributed by atoms with E-state index in [1.807, 2.05) is 31.2 Å². The average Bonchev–Trinajstić information content (AvgIpc) is 3.40. The smallest absolute Gasteiger partial charge is 0.241 e. The van der Waals surface area contributed by atoms with Gasteiger partial charge in [-0.1, -0.05) is 64.5 Å². The lowest BCUT2D eigenvalue weighted by atomic mass is 9.77. The van der Waals surface area contributed by atoms with E-state index >= 15 is 0 Å². The first-order valence-corrected chi connectivity index (χ1v) is 11.7. The highest BCUT2D eigenvalue weighted by atomic mass is 79.9. The van der Waals surface area contributed by atoms with E-state index in [-0.39, 0.29) is 11.1 Å². The van der Waals surface area contributed by atoms with Crippen LogP contribution in [-0.4, -0.2) is 29.0 Å². The minimum atomic E-state index is -2.06. The van der Waals surface area contributed by atoms with Gasteiger partial charge < -0.3 is 4.74 Å². The van der Waals surface area contributed by atoms with E-state index in [0.717, 1.165) is 14.9 Å². The van der Waals surface area contributed by atoms with Gasteiger partial charge in [-0.05, 0) is 42.3 Å². The zero-order valence-electron chi connectivity index (χ0n) is 18.0. The number of carbonyl (C=O) groups excluding carboxylic acids is 4. The highest BCUT2D eigenvalue weighted by Crippen LogP contribution is 2.58. The van der Waals surface area contributed by atoms with Crippen LogP contribution in [0.5, 0.6) is 0 Å². The molecule has 0 radical (unpaired) electrons. The van der Waals surface area contributed by atoms with Crippen LogP contribution >= 0.6 is 15.9 Å². The Morgan fingerprint density at radius 3 is 2.00 bits per heavy atom. The maximum absolute atomic E-state index is 13.9. The molecular formula is C27H18BrNO5. The Morgan fingerprint density at radius 2 is 1.38 bits per heavy atom. The first-order valence-electron chi connectivity index (χ1n) is 10.9. The minimum Gasteiger partial charge on any atom is -0.349 e. The minimum absolute atomic E-state index is 0.221. The van der Waals surface area contributed by atoms with Crippen molar-refractivity contribution in [3.05, 3.63) is 99.5 Å². The van der Waals surface area contributed by atoms with E-state index in [4.69, 9.17) is 4.74 Å². The highest BCUT2D eigenvalue weighted by molar-refractivity contribution is 9.10. The summed E-state index contributed by atoms with van der Waals surface area (Å²) in [5.74, 6) is -4.43. The second-order valence-corrected chi connectivity index (χ2v) is 9.74. The fourth-order valence-corrected chi connectivity index (χ4v) is 5.81. The summed E-state index contributed by atoms with van der Waals surface area (Å²) in [6.07, 6.45) is -0.912. The van der Waals surface area contributed by atoms with Crippen LogP contribution < -0.4 is 4.90 Å². The Hall–Kier alpha value is -3.42. The molecule has 3 aromatic rings. The second-order valence-electron chi connectivity index (χ2n) is 8.83. The molecule has 2 heterocycles. The van der Waals surface area contributed by atoms with Crippen molar-refractivity contribution in [3.63, 3.8) is 0 Å². The van der Waals surface area contributed by atoms with Gasteiger partial charge in [-0.2, -0.15) is 0 Å². The third-order valence-electron chi connectivity index (χ3n) is 7.10. The Morgan fingerprint density at radius 1 is 0.794 bits per heavy atom. The zero-order chi connectivity index (χ0) is 23.8. The van der Waals surface area contributed by atoms with Gasteiger partial charge in [0.2, 0.25) is 29.0 Å². The molecule has 3 aliphatic rings. The number of ether oxygens (including phenoxy) is 1. The molecule has 6 nitrogen and oxygen atoms in total. The van der Waals surface area contributed by atoms with E-state index in [2.05, 4.69) is 15.9 Å². The number of nitrogens with zero attached hydrogens (tertiary/aromatic N) is 1. The number of hydrogen-bond acceptors (Lipinski definition) is 5. The molecule has 168 valence electrons. The molecule has 0 saturated carbocycles. The number of Topliss-reactive ketones (excluding diaryl/α,β-unsaturated/α-hetero) is 2. The van der Waals surface area contributed by atoms with E-state index in [9.17, 15) is 19.2 Å². The normalized spacial score (nSPS) is 24.8. The monoisotopic (exact) mass is 515 g/mol. The fourth-order valence-electron chi connectivity index (χ4n) is 5.55. The van der Waals surface area contributed by atoms with Crippen LogP contribution in [0.15, 0.2) is 77.3 Å². The van der Waals surface area contributed by atoms with E-state index in [1.54, 1.807) is 48.5 Å². The summed E-state index contributed by atoms with van der Waals surface area (Å²) in [7, 11) is 0. The van der Waals surface area contributed by atoms with Crippen molar-refractivity contribution < 1.29 is 23.9 Å². The Kier molecular flexibility index (Phi) is 4.53. The fraction of sp³-hybridized carbons (Fsp3) is 0.185. The van der Waals surface area contributed by atoms with Crippen molar-refractivity contribution >= 4 is 45.0 Å². The highest BCUT2D eigenvalue weighted by Gasteiger charge is 2.74. The van der Waals surface area contributed by atoms with Crippen molar-refractivity contribution in [2.75, 3.05) is 4.90 Å². The first kappa shape index (κ1) is 21.1. The number of imide groups is 1. The van der Waals surface area contributed by atoms with Crippen LogP contribution in [0.2, 0.25) is 0 Å². The molecule has 2 amide bonds. The summed E-state index contributed by atoms with van der Waals surface area (Å²) >= 11 is 3.36. The van der Waals surface area contributed by atoms with Gasteiger partial charge >= 0.3 is 0 Å². The number of ketones is 2. The molecule has 3 atom stereocenters. The quantitative estimate of drug-likeness (QED) is 0.372. The van der Waals surface area contributed by atoms with Crippen LogP contribution in [0.25, 0.3) is 0 Å². The van der Waals surface area contributed by atoms with Crippen LogP contribution in [0.3, 0.4) is 0 Å². The van der Waals surface area contributed by atoms with Gasteiger partial charge in [0, 0.05) is 15.6 Å². The maximum atomic E-state index is 13.9. The van der Waals surface area contributed by atoms with E-state index < -0.39 is 46.9 Å². The van der Waals surface area contributed by atoms with Gasteiger partial charge in [-0.15, -0.1) is 0 Å². The molecule has 0 aromatic heterocycles. The molecule has 3 aromatic carbocycles. The number of halogens is 1. The van der Waals surface area contributed by atoms with Crippen molar-refractivity contribution in [1.29, 1.82) is 0 Å². The predicted octanol–water partition coefficient (Wildman–Crippen LogP) is 4.45. The number of anilines is 1. The third-order valence-corrected chi connectivity index (χ3v) is 7.63. The standard InChI is InChI=1S/C27H18BrNO5/c1-14-6-2-3-7-17(14)22-20-21(26(33)29(25(20)32)16-12-10-15(28)11-13-16)27(34-22)23(30)18-8-4-5-9-19(18)24(27)31/h2-13,20-22H,1H3/t20-,21+,22+/m0/s1. The molecule has 2 aliphatic heterocycles. The van der Waals surface area contributed by atoms with E-state index in [1.165, 1.54) is 0 Å². The third kappa shape index (κ3) is 2.59. The zero-order valence-corrected chi connectivity index (χ0v) is 19.6. The molecule has 34 heavy (non-hydrogen) atoms. The molecular weight excluding hydrogens is 498 g/mol. The molecule has 2 saturated heterocycles. The topological polar surface area (TPSA) is 80.8 Å². The number of aryl methyl sites for hydroxylation is 1. The molecule has 0 bridgehead atoms. The molecule has 2 fully saturated rings. The van der Waals surface area contributed by atoms with Crippen LogP contribution in [0.1, 0.15) is 37.9 Å². The summed E-state index contributed by atoms with van der Waals surface area (Å²) in [4.78, 5) is 56.2. The SMILES string of the molecule is Cc1ccccc1[C@H]1OC2(C(=O)c3ccccc3C2=O)[C@H]2C(=O)N(c3ccc(Br)cc3)C(=O)[C@H]12. The number of amides is 2. The van der Waals surface area contributed by atoms with Crippen LogP contribution in [0.4, 0.5) is 5.69 Å². The lowest BCUT2D eigenvalue weighted by molar-refractivity contribution is -0.127. The Bertz CT molecular complexity index is 1380. The van der Waals surface area contributed by atoms with E-state index in [0.29, 0.717) is 11.3 Å². The van der Waals surface area contributed by atoms with Gasteiger partial charge in [0.05, 0.1) is 23.6 Å². The largest absolute Gasteiger partial charge is 0.349 e. The second kappa shape index (κ2) is 7.29. The summed E-state index contributed by atoms with van der Waals surface area (Å²) in [6, 6.07) is 20.6. The molecule has 0 unspecified atom stereocenters. The number of rotatable bonds is 2. The molecule has 6 rings (SSSR count). The Balaban J connectivity index is 1.56. The van der Waals surface area contributed by atoms with Crippen molar-refractivity contribution in [3.8, 4) is 0 Å². The summed E-state index contributed by atoms with van der Waals surface area (Å²) < 4.78 is 7.12. The molecule has 0 N–H and O–H groups in total. The molecule has 7 heteroatoms. The van der Waals surface area contributed by atoms with Gasteiger partial charge in [-0.25, -0.2) is 4.90 Å².